The summed E-state index contributed by atoms with van der Waals surface area (Å²) in [6.45, 7) is 14.8. The smallest absolute Gasteiger partial charge is 0.382 e. The minimum absolute atomic E-state index is 0. The molecule has 394 valence electrons. The van der Waals surface area contributed by atoms with Crippen LogP contribution in [0.15, 0.2) is 119 Å². The monoisotopic (exact) mass is 1210 g/mol. The number of nitrogens with zero attached hydrogens (tertiary/aromatic N) is 3. The summed E-state index contributed by atoms with van der Waals surface area (Å²) in [7, 11) is -7.09. The Morgan fingerprint density at radius 1 is 0.543 bits per heavy atom. The lowest BCUT2D eigenvalue weighted by Crippen LogP contribution is -2.17. The minimum atomic E-state index is -4.67. The number of benzene rings is 4. The van der Waals surface area contributed by atoms with Crippen LogP contribution in [0, 0.1) is 3.57 Å². The summed E-state index contributed by atoms with van der Waals surface area (Å²) in [5.41, 5.74) is 3.46. The van der Waals surface area contributed by atoms with Gasteiger partial charge in [0.25, 0.3) is 19.2 Å². The Labute approximate surface area is 444 Å². The van der Waals surface area contributed by atoms with Gasteiger partial charge in [0.05, 0.1) is 9.79 Å². The molecule has 0 saturated carbocycles. The Morgan fingerprint density at radius 2 is 0.843 bits per heavy atom. The largest absolute Gasteiger partial charge is 0.394 e. The van der Waals surface area contributed by atoms with Gasteiger partial charge in [0, 0.05) is 83.8 Å². The van der Waals surface area contributed by atoms with Gasteiger partial charge in [-0.2, -0.15) is 16.8 Å². The van der Waals surface area contributed by atoms with Crippen molar-refractivity contribution >= 4 is 114 Å². The Kier molecular flexibility index (Phi) is 35.9. The van der Waals surface area contributed by atoms with Crippen molar-refractivity contribution in [3.8, 4) is 0 Å². The van der Waals surface area contributed by atoms with Crippen LogP contribution in [0.2, 0.25) is 0 Å². The molecule has 4 aliphatic rings. The lowest BCUT2D eigenvalue weighted by Gasteiger charge is -2.17. The molecule has 4 fully saturated rings. The summed E-state index contributed by atoms with van der Waals surface area (Å²) >= 11 is 11.3. The third-order valence-corrected chi connectivity index (χ3v) is 13.1. The Morgan fingerprint density at radius 3 is 1.06 bits per heavy atom. The second-order valence-corrected chi connectivity index (χ2v) is 21.7. The summed E-state index contributed by atoms with van der Waals surface area (Å²) < 4.78 is 90.2. The van der Waals surface area contributed by atoms with Crippen molar-refractivity contribution < 1.29 is 53.2 Å². The SMILES string of the molecule is C.C1CCNC1.CCOCC.Ic1ccccc1.O=C(Cl)C(=O)Cl.O=S(=O)(Cl)c1ccc(N2CCCC2)cc1.O=S(=O)(O)O.O=S(=O)(O)c1ccc(N2CCCC2)cc1.c1ccc(N2CCCC2)cc1. The number of hydrogen-bond acceptors (Lipinski definition) is 13. The van der Waals surface area contributed by atoms with Crippen molar-refractivity contribution in [1.29, 1.82) is 0 Å². The van der Waals surface area contributed by atoms with Crippen LogP contribution in [0.3, 0.4) is 0 Å². The van der Waals surface area contributed by atoms with Gasteiger partial charge in [-0.1, -0.05) is 43.8 Å². The summed E-state index contributed by atoms with van der Waals surface area (Å²) in [6.07, 6.45) is 10.3. The standard InChI is InChI=1S/C10H12ClNO2S.C10H13NO3S.C10H13N.C6H5I.C4H9N.C4H10O.C2Cl2O2.CH4.H2O4S/c11-15(13,14)10-5-3-9(4-6-10)12-7-1-2-8-12;12-15(13,14)10-5-3-9(4-6-10)11-7-1-2-8-11;1-2-6-10(7-3-1)11-8-4-5-9-11;7-6-4-2-1-3-5-6;1-2-4-5-3-1;1-3-5-4-2;3-1(5)2(4)6;;1-5(2,3)4/h3-6H,1-2,7-8H2;3-6H,1-2,7-8H2,(H,12,13,14);1-3,6-7H,4-5,8-9H2;1-5H;5H,1-4H2;3-4H2,1-2H3;;1H4;(H2,1,2,3,4). The first-order valence-electron chi connectivity index (χ1n) is 22.1. The van der Waals surface area contributed by atoms with E-state index < -0.39 is 40.1 Å². The normalized spacial score (nSPS) is 14.7. The molecule has 0 atom stereocenters. The van der Waals surface area contributed by atoms with Crippen LogP contribution in [0.4, 0.5) is 17.1 Å². The van der Waals surface area contributed by atoms with E-state index in [0.717, 1.165) is 50.8 Å². The van der Waals surface area contributed by atoms with Crippen LogP contribution in [0.5, 0.6) is 0 Å². The summed E-state index contributed by atoms with van der Waals surface area (Å²) in [5.74, 6) is 0. The van der Waals surface area contributed by atoms with E-state index in [0.29, 0.717) is 0 Å². The van der Waals surface area contributed by atoms with Crippen molar-refractivity contribution in [1.82, 2.24) is 5.32 Å². The second kappa shape index (κ2) is 37.6. The maximum absolute atomic E-state index is 11.0. The number of anilines is 3. The molecule has 8 rings (SSSR count). The van der Waals surface area contributed by atoms with Crippen LogP contribution in [-0.2, 0) is 43.9 Å². The topological polar surface area (TPSA) is 228 Å². The lowest BCUT2D eigenvalue weighted by molar-refractivity contribution is -0.127. The highest BCUT2D eigenvalue weighted by atomic mass is 127. The Hall–Kier alpha value is -3.13. The quantitative estimate of drug-likeness (QED) is 0.0557. The fourth-order valence-corrected chi connectivity index (χ4v) is 8.12. The van der Waals surface area contributed by atoms with E-state index in [1.807, 2.05) is 32.0 Å². The minimum Gasteiger partial charge on any atom is -0.382 e. The van der Waals surface area contributed by atoms with Crippen LogP contribution in [0.1, 0.15) is 72.6 Å². The molecule has 0 bridgehead atoms. The van der Waals surface area contributed by atoms with E-state index >= 15 is 0 Å². The zero-order chi connectivity index (χ0) is 51.7. The molecule has 4 saturated heterocycles. The first-order chi connectivity index (χ1) is 32.6. The number of rotatable bonds is 8. The van der Waals surface area contributed by atoms with Crippen molar-refractivity contribution in [2.24, 2.45) is 0 Å². The first-order valence-corrected chi connectivity index (χ1v) is 29.0. The maximum Gasteiger partial charge on any atom is 0.394 e. The summed E-state index contributed by atoms with van der Waals surface area (Å²) in [4.78, 5) is 25.9. The number of para-hydroxylation sites is 1. The number of ether oxygens (including phenoxy) is 1. The fourth-order valence-electron chi connectivity index (χ4n) is 6.46. The molecule has 4 aliphatic heterocycles. The van der Waals surface area contributed by atoms with Gasteiger partial charge in [0.15, 0.2) is 0 Å². The van der Waals surface area contributed by atoms with Crippen molar-refractivity contribution in [3.63, 3.8) is 0 Å². The number of nitrogens with one attached hydrogen (secondary N) is 1. The van der Waals surface area contributed by atoms with Crippen molar-refractivity contribution in [2.75, 3.05) is 80.3 Å². The third kappa shape index (κ3) is 33.5. The maximum atomic E-state index is 11.0. The van der Waals surface area contributed by atoms with E-state index in [1.165, 1.54) is 98.9 Å². The summed E-state index contributed by atoms with van der Waals surface area (Å²) in [5, 5.41) is 0.938. The second-order valence-electron chi connectivity index (χ2n) is 14.8. The summed E-state index contributed by atoms with van der Waals surface area (Å²) in [6, 6.07) is 33.9. The average Bonchev–Trinajstić information content (AvgIpc) is 4.17. The van der Waals surface area contributed by atoms with Crippen LogP contribution >= 0.6 is 56.5 Å². The Balaban J connectivity index is 0.000000810. The highest BCUT2D eigenvalue weighted by molar-refractivity contribution is 14.1. The zero-order valence-corrected chi connectivity index (χ0v) is 45.6. The number of carbonyl (C=O) groups excluding carboxylic acids is 2. The molecule has 16 nitrogen and oxygen atoms in total. The third-order valence-electron chi connectivity index (χ3n) is 9.68. The number of halogens is 4. The van der Waals surface area contributed by atoms with Gasteiger partial charge >= 0.3 is 20.9 Å². The highest BCUT2D eigenvalue weighted by Crippen LogP contribution is 2.24. The lowest BCUT2D eigenvalue weighted by atomic mass is 10.3. The molecule has 4 N–H and O–H groups in total. The van der Waals surface area contributed by atoms with E-state index in [9.17, 15) is 26.4 Å². The molecule has 0 amide bonds. The van der Waals surface area contributed by atoms with Crippen LogP contribution in [-0.4, -0.2) is 115 Å². The van der Waals surface area contributed by atoms with Crippen LogP contribution in [0.25, 0.3) is 0 Å². The predicted octanol–water partition coefficient (Wildman–Crippen LogP) is 10.2. The molecule has 70 heavy (non-hydrogen) atoms. The number of carbonyl (C=O) groups is 2. The Bertz CT molecular complexity index is 2220. The van der Waals surface area contributed by atoms with Gasteiger partial charge in [-0.05, 0) is 197 Å². The molecule has 4 aromatic rings. The molecule has 0 aliphatic carbocycles. The molecular weight excluding hydrogens is 1140 g/mol. The predicted molar refractivity (Wildman–Crippen MR) is 293 cm³/mol. The van der Waals surface area contributed by atoms with E-state index in [-0.39, 0.29) is 17.2 Å². The molecular formula is C47H68Cl3IN4O12S3. The van der Waals surface area contributed by atoms with Gasteiger partial charge in [0.1, 0.15) is 0 Å². The van der Waals surface area contributed by atoms with Gasteiger partial charge < -0.3 is 24.8 Å². The fraction of sp³-hybridized carbons (Fsp3) is 0.447. The van der Waals surface area contributed by atoms with E-state index in [2.05, 4.69) is 108 Å². The average molecular weight is 1210 g/mol. The molecule has 0 radical (unpaired) electrons. The molecule has 0 unspecified atom stereocenters. The van der Waals surface area contributed by atoms with Gasteiger partial charge in [0.2, 0.25) is 0 Å². The first kappa shape index (κ1) is 66.9. The molecule has 4 heterocycles. The highest BCUT2D eigenvalue weighted by Gasteiger charge is 2.16. The van der Waals surface area contributed by atoms with E-state index in [1.54, 1.807) is 36.4 Å². The zero-order valence-electron chi connectivity index (χ0n) is 38.7. The number of hydrogen-bond donors (Lipinski definition) is 4. The molecule has 0 aromatic heterocycles. The van der Waals surface area contributed by atoms with Crippen molar-refractivity contribution in [3.05, 3.63) is 113 Å². The van der Waals surface area contributed by atoms with Crippen molar-refractivity contribution in [2.45, 2.75) is 82.4 Å². The van der Waals surface area contributed by atoms with Gasteiger partial charge in [-0.25, -0.2) is 8.42 Å². The van der Waals surface area contributed by atoms with Crippen LogP contribution < -0.4 is 20.0 Å². The molecule has 4 aromatic carbocycles. The molecule has 23 heteroatoms. The van der Waals surface area contributed by atoms with Gasteiger partial charge in [-0.3, -0.25) is 23.2 Å². The van der Waals surface area contributed by atoms with E-state index in [4.69, 9.17) is 37.5 Å². The molecule has 0 spiro atoms. The van der Waals surface area contributed by atoms with Gasteiger partial charge in [-0.15, -0.1) is 0 Å².